The van der Waals surface area contributed by atoms with E-state index in [1.807, 2.05) is 36.4 Å². The van der Waals surface area contributed by atoms with Crippen molar-refractivity contribution < 1.29 is 84.1 Å². The van der Waals surface area contributed by atoms with Crippen LogP contribution in [0.25, 0.3) is 0 Å². The van der Waals surface area contributed by atoms with Crippen LogP contribution in [0.2, 0.25) is 0 Å². The van der Waals surface area contributed by atoms with Crippen LogP contribution in [0.4, 0.5) is 26.3 Å². The van der Waals surface area contributed by atoms with Crippen molar-refractivity contribution in [2.45, 2.75) is 71.7 Å². The number of aromatic nitrogens is 3. The Bertz CT molecular complexity index is 5180. The molecule has 3 fully saturated rings. The molecule has 34 heteroatoms. The molecule has 0 saturated carbocycles. The number of fused-ring (bicyclic) bond motifs is 12. The Kier molecular flexibility index (Phi) is 25.0. The van der Waals surface area contributed by atoms with Crippen molar-refractivity contribution in [1.82, 2.24) is 59.5 Å². The Labute approximate surface area is 633 Å². The van der Waals surface area contributed by atoms with Gasteiger partial charge in [-0.05, 0) is 40.9 Å². The zero-order valence-electron chi connectivity index (χ0n) is 59.8. The van der Waals surface area contributed by atoms with E-state index in [2.05, 4.69) is 32.9 Å². The Hall–Kier alpha value is -12.4. The molecule has 27 nitrogen and oxygen atoms in total. The van der Waals surface area contributed by atoms with Crippen LogP contribution in [0.5, 0.6) is 17.2 Å². The average molecular weight is 1560 g/mol. The summed E-state index contributed by atoms with van der Waals surface area (Å²) in [5.41, 5.74) is -1.97. The quantitative estimate of drug-likeness (QED) is 0.0570. The highest BCUT2D eigenvalue weighted by atomic mass is 35.5. The molecule has 0 spiro atoms. The third-order valence-electron chi connectivity index (χ3n) is 19.1. The van der Waals surface area contributed by atoms with Crippen molar-refractivity contribution in [3.63, 3.8) is 0 Å². The van der Waals surface area contributed by atoms with E-state index in [-0.39, 0.29) is 144 Å². The lowest BCUT2D eigenvalue weighted by Crippen LogP contribution is -2.45. The maximum absolute atomic E-state index is 14.1. The molecule has 3 saturated heterocycles. The minimum Gasteiger partial charge on any atom is -0.503 e. The monoisotopic (exact) mass is 1550 g/mol. The van der Waals surface area contributed by atoms with Crippen molar-refractivity contribution in [2.75, 3.05) is 78.5 Å². The van der Waals surface area contributed by atoms with Crippen LogP contribution >= 0.6 is 11.6 Å². The highest BCUT2D eigenvalue weighted by Gasteiger charge is 2.42. The number of halogens is 7. The first-order valence-corrected chi connectivity index (χ1v) is 35.2. The van der Waals surface area contributed by atoms with Crippen molar-refractivity contribution >= 4 is 64.1 Å². The van der Waals surface area contributed by atoms with Gasteiger partial charge in [0.15, 0.2) is 34.3 Å². The maximum Gasteiger partial charge on any atom is 0.274 e. The lowest BCUT2D eigenvalue weighted by Gasteiger charge is -2.35. The summed E-state index contributed by atoms with van der Waals surface area (Å²) in [6.07, 6.45) is 3.85. The Balaban J connectivity index is 0.000000161. The van der Waals surface area contributed by atoms with Crippen molar-refractivity contribution in [1.29, 1.82) is 0 Å². The molecule has 3 aromatic heterocycles. The standard InChI is InChI=1S/C28H26F2N4O5.C26H24F2N4O4.C21H20F2N4O5.C2H3ClO/c1-17(35)32-9-10-33-14-21(13-32)34-15-22(27(37)31-12-19-7-8-20(29)11-23(19)30)25(36)26(24(34)28(33)38)39-16-18-5-3-2-4-6-18;27-18-7-6-17(21(28)10-18)11-30-25(34)20-14-32-19-12-29-8-9-31(13-19)26(35)22(32)24(23(20)33)36-15-16-4-2-1-3-5-16;1-11(28)25-4-5-26-9-14(8-25)27-10-15(18(29)19(30)17(27)21(26)32)20(31)24-7-12-2-3-13(22)6-16(12)23;1-2(3)4/h2-8,11,15,21H,9-10,12-14,16H2,1H3,(H,31,37);1-7,10,14,19,29H,8-9,11-13,15H2,(H,30,34);2-3,6,10,14,30H,4-5,7-9H2,1H3,(H,24,31);1H3. The summed E-state index contributed by atoms with van der Waals surface area (Å²) in [6.45, 7) is 7.63. The van der Waals surface area contributed by atoms with Crippen molar-refractivity contribution in [3.8, 4) is 17.2 Å². The Morgan fingerprint density at radius 2 is 0.802 bits per heavy atom. The van der Waals surface area contributed by atoms with Gasteiger partial charge in [-0.1, -0.05) is 78.9 Å². The highest BCUT2D eigenvalue weighted by Crippen LogP contribution is 2.33. The summed E-state index contributed by atoms with van der Waals surface area (Å²) in [7, 11) is 0. The highest BCUT2D eigenvalue weighted by molar-refractivity contribution is 6.62. The zero-order valence-corrected chi connectivity index (χ0v) is 60.6. The van der Waals surface area contributed by atoms with Gasteiger partial charge in [-0.25, -0.2) is 26.3 Å². The van der Waals surface area contributed by atoms with Crippen LogP contribution in [0.3, 0.4) is 0 Å². The zero-order chi connectivity index (χ0) is 79.6. The summed E-state index contributed by atoms with van der Waals surface area (Å²) < 4.78 is 97.8. The van der Waals surface area contributed by atoms with E-state index >= 15 is 0 Å². The normalized spacial score (nSPS) is 16.5. The molecule has 580 valence electrons. The van der Waals surface area contributed by atoms with Gasteiger partial charge < -0.3 is 74.0 Å². The second-order valence-corrected chi connectivity index (χ2v) is 27.0. The van der Waals surface area contributed by atoms with Crippen LogP contribution in [-0.4, -0.2) is 174 Å². The van der Waals surface area contributed by atoms with E-state index in [1.165, 1.54) is 65.5 Å². The second kappa shape index (κ2) is 34.9. The molecular weight excluding hydrogens is 1480 g/mol. The molecule has 111 heavy (non-hydrogen) atoms. The number of carbonyl (C=O) groups is 9. The number of ether oxygens (including phenoxy) is 2. The lowest BCUT2D eigenvalue weighted by molar-refractivity contribution is -0.129. The summed E-state index contributed by atoms with van der Waals surface area (Å²) >= 11 is 4.64. The van der Waals surface area contributed by atoms with Crippen LogP contribution in [-0.2, 0) is 47.2 Å². The van der Waals surface area contributed by atoms with Crippen molar-refractivity contribution in [2.24, 2.45) is 0 Å². The molecule has 5 aromatic carbocycles. The van der Waals surface area contributed by atoms with Gasteiger partial charge in [0.1, 0.15) is 64.8 Å². The van der Waals surface area contributed by atoms with Crippen LogP contribution < -0.4 is 47.0 Å². The second-order valence-electron chi connectivity index (χ2n) is 26.5. The van der Waals surface area contributed by atoms with Crippen LogP contribution in [0, 0.1) is 34.9 Å². The fraction of sp³-hybridized carbons (Fsp3) is 0.299. The minimum absolute atomic E-state index is 0.00808. The number of rotatable bonds is 15. The number of nitrogens with one attached hydrogen (secondary N) is 4. The number of pyridine rings is 3. The topological polar surface area (TPSA) is 323 Å². The van der Waals surface area contributed by atoms with Gasteiger partial charge >= 0.3 is 0 Å². The molecule has 14 rings (SSSR count). The molecule has 0 radical (unpaired) electrons. The SMILES string of the molecule is CC(=O)Cl.CC(=O)N1CCN2CC(C1)n1cc(C(=O)NCc3ccc(F)cc3F)c(=O)c(O)c1C2=O.CC(=O)N1CCN2CC(C1)n1cc(C(=O)NCc3ccc(F)cc3F)c(=O)c(OCc3ccccc3)c1C2=O.O=C(NCc1ccc(F)cc1F)c1cn2c(c(OCc3ccccc3)c1=O)C(=O)N1CCNCC2C1. The molecule has 3 unspecified atom stereocenters. The average Bonchev–Trinajstić information content (AvgIpc) is 1.71. The Morgan fingerprint density at radius 1 is 0.459 bits per heavy atom. The number of carbonyl (C=O) groups excluding carboxylic acids is 9. The number of benzene rings is 5. The summed E-state index contributed by atoms with van der Waals surface area (Å²) in [6, 6.07) is 26.0. The predicted molar refractivity (Wildman–Crippen MR) is 387 cm³/mol. The van der Waals surface area contributed by atoms with Crippen LogP contribution in [0.1, 0.15) is 129 Å². The molecule has 3 atom stereocenters. The Morgan fingerprint density at radius 3 is 1.18 bits per heavy atom. The van der Waals surface area contributed by atoms with Gasteiger partial charge in [0.05, 0.1) is 18.1 Å². The van der Waals surface area contributed by atoms with Gasteiger partial charge in [-0.2, -0.15) is 0 Å². The molecule has 6 aliphatic heterocycles. The van der Waals surface area contributed by atoms with Gasteiger partial charge in [0, 0.05) is 172 Å². The number of amides is 8. The summed E-state index contributed by atoms with van der Waals surface area (Å²) in [5, 5.41) is 20.8. The minimum atomic E-state index is -1.04. The predicted octanol–water partition coefficient (Wildman–Crippen LogP) is 6.12. The first kappa shape index (κ1) is 79.6. The molecule has 6 aliphatic rings. The van der Waals surface area contributed by atoms with E-state index in [1.54, 1.807) is 48.4 Å². The van der Waals surface area contributed by atoms with Gasteiger partial charge in [0.25, 0.3) is 35.4 Å². The number of aromatic hydroxyl groups is 1. The number of nitrogens with zero attached hydrogens (tertiary/aromatic N) is 8. The van der Waals surface area contributed by atoms with Gasteiger partial charge in [-0.3, -0.25) is 57.5 Å². The summed E-state index contributed by atoms with van der Waals surface area (Å²) in [4.78, 5) is 159. The third kappa shape index (κ3) is 18.3. The number of hydrogen-bond acceptors (Lipinski definition) is 16. The maximum atomic E-state index is 14.1. The molecule has 8 aromatic rings. The van der Waals surface area contributed by atoms with E-state index in [4.69, 9.17) is 9.47 Å². The van der Waals surface area contributed by atoms with E-state index < -0.39 is 104 Å². The van der Waals surface area contributed by atoms with Gasteiger partial charge in [0.2, 0.25) is 33.3 Å². The fourth-order valence-electron chi connectivity index (χ4n) is 13.3. The van der Waals surface area contributed by atoms with Crippen molar-refractivity contribution in [3.05, 3.63) is 261 Å². The smallest absolute Gasteiger partial charge is 0.274 e. The van der Waals surface area contributed by atoms with Crippen LogP contribution in [0.15, 0.2) is 148 Å². The van der Waals surface area contributed by atoms with E-state index in [0.29, 0.717) is 64.5 Å². The lowest BCUT2D eigenvalue weighted by atomic mass is 10.1. The number of hydrogen-bond donors (Lipinski definition) is 5. The third-order valence-corrected chi connectivity index (χ3v) is 19.1. The molecular formula is C77H73ClF6N12O15. The first-order chi connectivity index (χ1) is 53.0. The molecule has 8 amide bonds. The molecule has 9 heterocycles. The summed E-state index contributed by atoms with van der Waals surface area (Å²) in [5.74, 6) is -10.2. The molecule has 6 bridgehead atoms. The van der Waals surface area contributed by atoms with Gasteiger partial charge in [-0.15, -0.1) is 0 Å². The largest absolute Gasteiger partial charge is 0.503 e. The first-order valence-electron chi connectivity index (χ1n) is 34.9. The molecule has 5 N–H and O–H groups in total. The van der Waals surface area contributed by atoms with E-state index in [9.17, 15) is 89.0 Å². The van der Waals surface area contributed by atoms with E-state index in [0.717, 1.165) is 41.5 Å². The fourth-order valence-corrected chi connectivity index (χ4v) is 13.3. The molecule has 0 aliphatic carbocycles.